The van der Waals surface area contributed by atoms with Gasteiger partial charge in [-0.25, -0.2) is 8.42 Å². The van der Waals surface area contributed by atoms with Gasteiger partial charge in [-0.2, -0.15) is 4.31 Å². The van der Waals surface area contributed by atoms with Crippen LogP contribution in [-0.2, 0) is 35.6 Å². The molecular formula is C17H23N3O6S. The first-order valence-electron chi connectivity index (χ1n) is 8.41. The van der Waals surface area contributed by atoms with Crippen molar-refractivity contribution in [1.82, 2.24) is 9.62 Å². The van der Waals surface area contributed by atoms with E-state index in [1.807, 2.05) is 0 Å². The van der Waals surface area contributed by atoms with Crippen molar-refractivity contribution < 1.29 is 27.5 Å². The van der Waals surface area contributed by atoms with E-state index >= 15 is 0 Å². The fourth-order valence-electron chi connectivity index (χ4n) is 2.82. The first kappa shape index (κ1) is 20.8. The topological polar surface area (TPSA) is 122 Å². The highest BCUT2D eigenvalue weighted by atomic mass is 32.2. The second kappa shape index (κ2) is 8.96. The van der Waals surface area contributed by atoms with Crippen LogP contribution in [0.2, 0.25) is 0 Å². The molecule has 1 aromatic rings. The maximum Gasteiger partial charge on any atom is 0.325 e. The van der Waals surface area contributed by atoms with E-state index in [1.165, 1.54) is 11.4 Å². The van der Waals surface area contributed by atoms with E-state index in [4.69, 9.17) is 0 Å². The standard InChI is InChI=1S/C17H23N3O6S/c1-26-16(22)11-18-15(21)10-12-5-7-13(8-6-12)19-17(23)14-4-3-9-20(14)27(2,24)25/h5-8,14H,3-4,9-11H2,1-2H3,(H,18,21)(H,19,23). The molecule has 27 heavy (non-hydrogen) atoms. The third-order valence-electron chi connectivity index (χ3n) is 4.18. The van der Waals surface area contributed by atoms with Gasteiger partial charge < -0.3 is 15.4 Å². The molecule has 2 N–H and O–H groups in total. The molecule has 1 aliphatic rings. The number of hydrogen-bond acceptors (Lipinski definition) is 6. The van der Waals surface area contributed by atoms with Crippen LogP contribution >= 0.6 is 0 Å². The van der Waals surface area contributed by atoms with Gasteiger partial charge in [0.1, 0.15) is 12.6 Å². The van der Waals surface area contributed by atoms with Gasteiger partial charge in [0.05, 0.1) is 19.8 Å². The summed E-state index contributed by atoms with van der Waals surface area (Å²) in [6.07, 6.45) is 2.30. The number of benzene rings is 1. The van der Waals surface area contributed by atoms with Gasteiger partial charge in [-0.05, 0) is 30.5 Å². The van der Waals surface area contributed by atoms with Gasteiger partial charge in [-0.1, -0.05) is 12.1 Å². The average molecular weight is 397 g/mol. The normalized spacial score (nSPS) is 17.3. The second-order valence-electron chi connectivity index (χ2n) is 6.25. The highest BCUT2D eigenvalue weighted by molar-refractivity contribution is 7.88. The largest absolute Gasteiger partial charge is 0.468 e. The Morgan fingerprint density at radius 2 is 1.89 bits per heavy atom. The Labute approximate surface area is 158 Å². The van der Waals surface area contributed by atoms with Crippen LogP contribution in [0, 0.1) is 0 Å². The van der Waals surface area contributed by atoms with E-state index in [0.717, 1.165) is 6.26 Å². The molecule has 9 nitrogen and oxygen atoms in total. The van der Waals surface area contributed by atoms with E-state index in [9.17, 15) is 22.8 Å². The molecule has 1 unspecified atom stereocenters. The summed E-state index contributed by atoms with van der Waals surface area (Å²) >= 11 is 0. The van der Waals surface area contributed by atoms with Crippen LogP contribution in [0.1, 0.15) is 18.4 Å². The number of methoxy groups -OCH3 is 1. The minimum atomic E-state index is -3.43. The summed E-state index contributed by atoms with van der Waals surface area (Å²) in [5.41, 5.74) is 1.22. The van der Waals surface area contributed by atoms with Gasteiger partial charge in [-0.15, -0.1) is 0 Å². The summed E-state index contributed by atoms with van der Waals surface area (Å²) in [6, 6.07) is 5.93. The summed E-state index contributed by atoms with van der Waals surface area (Å²) in [7, 11) is -2.19. The second-order valence-corrected chi connectivity index (χ2v) is 8.18. The molecule has 0 spiro atoms. The van der Waals surface area contributed by atoms with E-state index in [0.29, 0.717) is 30.6 Å². The summed E-state index contributed by atoms with van der Waals surface area (Å²) < 4.78 is 29.1. The van der Waals surface area contributed by atoms with Crippen molar-refractivity contribution >= 4 is 33.5 Å². The van der Waals surface area contributed by atoms with E-state index in [1.54, 1.807) is 24.3 Å². The lowest BCUT2D eigenvalue weighted by atomic mass is 10.1. The summed E-state index contributed by atoms with van der Waals surface area (Å²) in [6.45, 7) is 0.151. The van der Waals surface area contributed by atoms with Crippen molar-refractivity contribution in [3.63, 3.8) is 0 Å². The average Bonchev–Trinajstić information content (AvgIpc) is 3.11. The molecule has 0 saturated carbocycles. The first-order valence-corrected chi connectivity index (χ1v) is 10.3. The number of rotatable bonds is 7. The van der Waals surface area contributed by atoms with Crippen LogP contribution < -0.4 is 10.6 Å². The van der Waals surface area contributed by atoms with Crippen LogP contribution in [0.3, 0.4) is 0 Å². The van der Waals surface area contributed by atoms with Gasteiger partial charge in [-0.3, -0.25) is 14.4 Å². The van der Waals surface area contributed by atoms with Crippen molar-refractivity contribution in [3.8, 4) is 0 Å². The number of carbonyl (C=O) groups excluding carboxylic acids is 3. The molecule has 1 aliphatic heterocycles. The number of amides is 2. The van der Waals surface area contributed by atoms with Gasteiger partial charge in [0, 0.05) is 12.2 Å². The van der Waals surface area contributed by atoms with Crippen molar-refractivity contribution in [2.24, 2.45) is 0 Å². The Bertz CT molecular complexity index is 806. The summed E-state index contributed by atoms with van der Waals surface area (Å²) in [5, 5.41) is 5.15. The number of anilines is 1. The third kappa shape index (κ3) is 6.04. The lowest BCUT2D eigenvalue weighted by Crippen LogP contribution is -2.42. The fraction of sp³-hybridized carbons (Fsp3) is 0.471. The Balaban J connectivity index is 1.91. The van der Waals surface area contributed by atoms with Crippen molar-refractivity contribution in [1.29, 1.82) is 0 Å². The zero-order chi connectivity index (χ0) is 20.0. The molecular weight excluding hydrogens is 374 g/mol. The van der Waals surface area contributed by atoms with Gasteiger partial charge in [0.25, 0.3) is 0 Å². The number of ether oxygens (including phenoxy) is 1. The lowest BCUT2D eigenvalue weighted by Gasteiger charge is -2.21. The van der Waals surface area contributed by atoms with Crippen LogP contribution in [0.25, 0.3) is 0 Å². The quantitative estimate of drug-likeness (QED) is 0.619. The monoisotopic (exact) mass is 397 g/mol. The minimum absolute atomic E-state index is 0.0791. The molecule has 0 radical (unpaired) electrons. The Kier molecular flexibility index (Phi) is 6.92. The maximum atomic E-state index is 12.4. The van der Waals surface area contributed by atoms with Gasteiger partial charge >= 0.3 is 5.97 Å². The third-order valence-corrected chi connectivity index (χ3v) is 5.47. The molecule has 0 bridgehead atoms. The molecule has 1 heterocycles. The lowest BCUT2D eigenvalue weighted by molar-refractivity contribution is -0.141. The maximum absolute atomic E-state index is 12.4. The number of nitrogens with one attached hydrogen (secondary N) is 2. The van der Waals surface area contributed by atoms with Gasteiger partial charge in [0.15, 0.2) is 0 Å². The SMILES string of the molecule is COC(=O)CNC(=O)Cc1ccc(NC(=O)C2CCCN2S(C)(=O)=O)cc1. The van der Waals surface area contributed by atoms with Crippen LogP contribution in [0.5, 0.6) is 0 Å². The molecule has 1 saturated heterocycles. The van der Waals surface area contributed by atoms with Crippen molar-refractivity contribution in [2.75, 3.05) is 31.8 Å². The molecule has 2 rings (SSSR count). The minimum Gasteiger partial charge on any atom is -0.468 e. The Morgan fingerprint density at radius 3 is 2.48 bits per heavy atom. The number of carbonyl (C=O) groups is 3. The number of esters is 1. The molecule has 0 aromatic heterocycles. The highest BCUT2D eigenvalue weighted by Gasteiger charge is 2.36. The first-order chi connectivity index (χ1) is 12.7. The van der Waals surface area contributed by atoms with Crippen LogP contribution in [-0.4, -0.2) is 63.0 Å². The zero-order valence-electron chi connectivity index (χ0n) is 15.2. The summed E-state index contributed by atoms with van der Waals surface area (Å²) in [5.74, 6) is -1.23. The fourth-order valence-corrected chi connectivity index (χ4v) is 3.95. The molecule has 1 atom stereocenters. The number of nitrogens with zero attached hydrogens (tertiary/aromatic N) is 1. The van der Waals surface area contributed by atoms with E-state index in [-0.39, 0.29) is 24.8 Å². The van der Waals surface area contributed by atoms with Crippen LogP contribution in [0.4, 0.5) is 5.69 Å². The Morgan fingerprint density at radius 1 is 1.22 bits per heavy atom. The summed E-state index contributed by atoms with van der Waals surface area (Å²) in [4.78, 5) is 35.1. The molecule has 1 aromatic carbocycles. The molecule has 10 heteroatoms. The van der Waals surface area contributed by atoms with E-state index in [2.05, 4.69) is 15.4 Å². The molecule has 148 valence electrons. The van der Waals surface area contributed by atoms with E-state index < -0.39 is 22.0 Å². The highest BCUT2D eigenvalue weighted by Crippen LogP contribution is 2.22. The smallest absolute Gasteiger partial charge is 0.325 e. The van der Waals surface area contributed by atoms with Gasteiger partial charge in [0.2, 0.25) is 21.8 Å². The number of sulfonamides is 1. The number of hydrogen-bond donors (Lipinski definition) is 2. The molecule has 1 fully saturated rings. The Hall–Kier alpha value is -2.46. The predicted octanol–water partition coefficient (Wildman–Crippen LogP) is -0.119. The van der Waals surface area contributed by atoms with Crippen molar-refractivity contribution in [2.45, 2.75) is 25.3 Å². The molecule has 2 amide bonds. The van der Waals surface area contributed by atoms with Crippen molar-refractivity contribution in [3.05, 3.63) is 29.8 Å². The van der Waals surface area contributed by atoms with Crippen LogP contribution in [0.15, 0.2) is 24.3 Å². The predicted molar refractivity (Wildman–Crippen MR) is 98.4 cm³/mol. The molecule has 0 aliphatic carbocycles. The zero-order valence-corrected chi connectivity index (χ0v) is 16.0.